The molecule has 0 bridgehead atoms. The van der Waals surface area contributed by atoms with Gasteiger partial charge in [-0.2, -0.15) is 0 Å². The van der Waals surface area contributed by atoms with Crippen molar-refractivity contribution >= 4 is 11.6 Å². The van der Waals surface area contributed by atoms with Crippen molar-refractivity contribution in [2.24, 2.45) is 0 Å². The Kier molecular flexibility index (Phi) is 5.80. The van der Waals surface area contributed by atoms with Gasteiger partial charge in [0.25, 0.3) is 5.91 Å². The van der Waals surface area contributed by atoms with Crippen LogP contribution < -0.4 is 10.1 Å². The van der Waals surface area contributed by atoms with Crippen molar-refractivity contribution < 1.29 is 9.53 Å². The van der Waals surface area contributed by atoms with Gasteiger partial charge in [0.05, 0.1) is 6.10 Å². The molecule has 0 spiro atoms. The van der Waals surface area contributed by atoms with Crippen LogP contribution in [0.15, 0.2) is 48.5 Å². The van der Waals surface area contributed by atoms with Gasteiger partial charge >= 0.3 is 0 Å². The Labute approximate surface area is 138 Å². The Hall–Kier alpha value is -2.29. The molecule has 3 nitrogen and oxygen atoms in total. The number of rotatable bonds is 6. The smallest absolute Gasteiger partial charge is 0.255 e. The summed E-state index contributed by atoms with van der Waals surface area (Å²) in [7, 11) is 0. The highest BCUT2D eigenvalue weighted by Crippen LogP contribution is 2.21. The Morgan fingerprint density at radius 2 is 1.78 bits per heavy atom. The normalized spacial score (nSPS) is 12.0. The molecule has 122 valence electrons. The summed E-state index contributed by atoms with van der Waals surface area (Å²) in [5.41, 5.74) is 2.68. The van der Waals surface area contributed by atoms with E-state index in [1.54, 1.807) is 12.1 Å². The van der Waals surface area contributed by atoms with Crippen molar-refractivity contribution in [1.82, 2.24) is 0 Å². The van der Waals surface area contributed by atoms with Crippen LogP contribution in [0, 0.1) is 0 Å². The SMILES string of the molecule is CCC(C)c1ccc(NC(=O)c2cccc(OC(C)C)c2)cc1. The predicted molar refractivity (Wildman–Crippen MR) is 95.3 cm³/mol. The maximum absolute atomic E-state index is 12.4. The number of nitrogens with one attached hydrogen (secondary N) is 1. The van der Waals surface area contributed by atoms with Gasteiger partial charge in [-0.3, -0.25) is 4.79 Å². The average molecular weight is 311 g/mol. The number of hydrogen-bond acceptors (Lipinski definition) is 2. The molecular weight excluding hydrogens is 286 g/mol. The minimum absolute atomic E-state index is 0.0846. The molecule has 1 unspecified atom stereocenters. The molecule has 23 heavy (non-hydrogen) atoms. The van der Waals surface area contributed by atoms with E-state index in [0.717, 1.165) is 12.1 Å². The number of amides is 1. The molecule has 0 radical (unpaired) electrons. The quantitative estimate of drug-likeness (QED) is 0.792. The lowest BCUT2D eigenvalue weighted by Crippen LogP contribution is -2.12. The maximum Gasteiger partial charge on any atom is 0.255 e. The van der Waals surface area contributed by atoms with Crippen LogP contribution in [0.25, 0.3) is 0 Å². The summed E-state index contributed by atoms with van der Waals surface area (Å²) in [4.78, 5) is 12.4. The average Bonchev–Trinajstić information content (AvgIpc) is 2.54. The Morgan fingerprint density at radius 1 is 1.09 bits per heavy atom. The van der Waals surface area contributed by atoms with Gasteiger partial charge < -0.3 is 10.1 Å². The first kappa shape index (κ1) is 17.1. The van der Waals surface area contributed by atoms with E-state index in [4.69, 9.17) is 4.74 Å². The molecule has 0 heterocycles. The van der Waals surface area contributed by atoms with Crippen LogP contribution in [-0.4, -0.2) is 12.0 Å². The standard InChI is InChI=1S/C20H25NO2/c1-5-15(4)16-9-11-18(12-10-16)21-20(22)17-7-6-8-19(13-17)23-14(2)3/h6-15H,5H2,1-4H3,(H,21,22). The van der Waals surface area contributed by atoms with E-state index in [0.29, 0.717) is 17.2 Å². The molecule has 0 fully saturated rings. The number of hydrogen-bond donors (Lipinski definition) is 1. The van der Waals surface area contributed by atoms with Gasteiger partial charge in [-0.25, -0.2) is 0 Å². The Morgan fingerprint density at radius 3 is 2.39 bits per heavy atom. The summed E-state index contributed by atoms with van der Waals surface area (Å²) < 4.78 is 5.63. The van der Waals surface area contributed by atoms with Gasteiger partial charge in [-0.1, -0.05) is 32.0 Å². The van der Waals surface area contributed by atoms with Gasteiger partial charge in [0.15, 0.2) is 0 Å². The maximum atomic E-state index is 12.4. The largest absolute Gasteiger partial charge is 0.491 e. The lowest BCUT2D eigenvalue weighted by molar-refractivity contribution is 0.102. The molecule has 1 N–H and O–H groups in total. The summed E-state index contributed by atoms with van der Waals surface area (Å²) in [5.74, 6) is 1.11. The van der Waals surface area contributed by atoms with E-state index in [1.165, 1.54) is 5.56 Å². The number of benzene rings is 2. The van der Waals surface area contributed by atoms with Crippen LogP contribution in [0.4, 0.5) is 5.69 Å². The van der Waals surface area contributed by atoms with Crippen LogP contribution in [0.5, 0.6) is 5.75 Å². The highest BCUT2D eigenvalue weighted by atomic mass is 16.5. The van der Waals surface area contributed by atoms with Crippen LogP contribution in [0.3, 0.4) is 0 Å². The molecule has 2 rings (SSSR count). The number of carbonyl (C=O) groups excluding carboxylic acids is 1. The molecule has 3 heteroatoms. The van der Waals surface area contributed by atoms with Crippen molar-refractivity contribution in [2.45, 2.75) is 46.1 Å². The molecule has 2 aromatic carbocycles. The van der Waals surface area contributed by atoms with Gasteiger partial charge in [-0.05, 0) is 62.1 Å². The van der Waals surface area contributed by atoms with Crippen LogP contribution in [0.2, 0.25) is 0 Å². The van der Waals surface area contributed by atoms with E-state index in [9.17, 15) is 4.79 Å². The Balaban J connectivity index is 2.07. The fourth-order valence-corrected chi connectivity index (χ4v) is 2.32. The monoisotopic (exact) mass is 311 g/mol. The fraction of sp³-hybridized carbons (Fsp3) is 0.350. The van der Waals surface area contributed by atoms with Crippen LogP contribution in [0.1, 0.15) is 56.0 Å². The van der Waals surface area contributed by atoms with Crippen LogP contribution in [-0.2, 0) is 0 Å². The van der Waals surface area contributed by atoms with Gasteiger partial charge in [0, 0.05) is 11.3 Å². The van der Waals surface area contributed by atoms with E-state index in [1.807, 2.05) is 38.1 Å². The third kappa shape index (κ3) is 4.85. The van der Waals surface area contributed by atoms with Gasteiger partial charge in [0.2, 0.25) is 0 Å². The first-order valence-electron chi connectivity index (χ1n) is 8.17. The lowest BCUT2D eigenvalue weighted by atomic mass is 9.98. The lowest BCUT2D eigenvalue weighted by Gasteiger charge is -2.12. The molecule has 2 aromatic rings. The van der Waals surface area contributed by atoms with E-state index < -0.39 is 0 Å². The van der Waals surface area contributed by atoms with Crippen molar-refractivity contribution in [2.75, 3.05) is 5.32 Å². The van der Waals surface area contributed by atoms with Gasteiger partial charge in [0.1, 0.15) is 5.75 Å². The van der Waals surface area contributed by atoms with Crippen molar-refractivity contribution in [3.63, 3.8) is 0 Å². The Bertz CT molecular complexity index is 647. The minimum Gasteiger partial charge on any atom is -0.491 e. The van der Waals surface area contributed by atoms with Crippen molar-refractivity contribution in [3.8, 4) is 5.75 Å². The third-order valence-electron chi connectivity index (χ3n) is 3.82. The molecular formula is C20H25NO2. The molecule has 0 aliphatic rings. The number of anilines is 1. The molecule has 0 aliphatic carbocycles. The molecule has 0 saturated carbocycles. The zero-order chi connectivity index (χ0) is 16.8. The van der Waals surface area contributed by atoms with Crippen molar-refractivity contribution in [1.29, 1.82) is 0 Å². The summed E-state index contributed by atoms with van der Waals surface area (Å²) in [6.45, 7) is 8.30. The molecule has 0 saturated heterocycles. The second-order valence-corrected chi connectivity index (χ2v) is 6.08. The minimum atomic E-state index is -0.129. The molecule has 0 aliphatic heterocycles. The molecule has 0 aromatic heterocycles. The highest BCUT2D eigenvalue weighted by Gasteiger charge is 2.09. The first-order chi connectivity index (χ1) is 11.0. The predicted octanol–water partition coefficient (Wildman–Crippen LogP) is 5.24. The number of ether oxygens (including phenoxy) is 1. The second kappa shape index (κ2) is 7.82. The van der Waals surface area contributed by atoms with Crippen molar-refractivity contribution in [3.05, 3.63) is 59.7 Å². The van der Waals surface area contributed by atoms with E-state index >= 15 is 0 Å². The summed E-state index contributed by atoms with van der Waals surface area (Å²) in [6.07, 6.45) is 1.19. The zero-order valence-electron chi connectivity index (χ0n) is 14.3. The first-order valence-corrected chi connectivity index (χ1v) is 8.17. The summed E-state index contributed by atoms with van der Waals surface area (Å²) in [5, 5.41) is 2.93. The van der Waals surface area contributed by atoms with E-state index in [2.05, 4.69) is 31.3 Å². The fourth-order valence-electron chi connectivity index (χ4n) is 2.32. The zero-order valence-corrected chi connectivity index (χ0v) is 14.3. The van der Waals surface area contributed by atoms with Crippen LogP contribution >= 0.6 is 0 Å². The van der Waals surface area contributed by atoms with E-state index in [-0.39, 0.29) is 12.0 Å². The topological polar surface area (TPSA) is 38.3 Å². The third-order valence-corrected chi connectivity index (χ3v) is 3.82. The summed E-state index contributed by atoms with van der Waals surface area (Å²) >= 11 is 0. The highest BCUT2D eigenvalue weighted by molar-refractivity contribution is 6.04. The number of carbonyl (C=O) groups is 1. The second-order valence-electron chi connectivity index (χ2n) is 6.08. The summed E-state index contributed by atoms with van der Waals surface area (Å²) in [6, 6.07) is 15.3. The van der Waals surface area contributed by atoms with Gasteiger partial charge in [-0.15, -0.1) is 0 Å². The molecule has 1 atom stereocenters. The molecule has 1 amide bonds.